The lowest BCUT2D eigenvalue weighted by Gasteiger charge is -2.42. The number of anilines is 3. The van der Waals surface area contributed by atoms with E-state index < -0.39 is 29.2 Å². The number of aliphatic hydroxyl groups excluding tert-OH is 1. The van der Waals surface area contributed by atoms with Crippen LogP contribution in [0.25, 0.3) is 27.7 Å². The SMILES string of the molecule is CCC(=O)NCC(C)(C)OC(C)(C)CN1CCN(c2ccc(Nc3nc(-c4cccc(-n5ccc6cc(C7CC7)cc(F)c6c5=O)c4CO)cn(C)c3=O)nc2)CC1. The van der Waals surface area contributed by atoms with E-state index >= 15 is 4.39 Å². The van der Waals surface area contributed by atoms with Crippen LogP contribution in [0.4, 0.5) is 21.7 Å². The smallest absolute Gasteiger partial charge is 0.293 e. The Morgan fingerprint density at radius 2 is 1.76 bits per heavy atom. The Morgan fingerprint density at radius 3 is 2.43 bits per heavy atom. The summed E-state index contributed by atoms with van der Waals surface area (Å²) in [6, 6.07) is 14.0. The van der Waals surface area contributed by atoms with E-state index in [9.17, 15) is 19.5 Å². The first-order valence-electron chi connectivity index (χ1n) is 20.0. The number of carbonyl (C=O) groups excluding carboxylic acids is 1. The van der Waals surface area contributed by atoms with Crippen molar-refractivity contribution in [1.29, 1.82) is 0 Å². The van der Waals surface area contributed by atoms with Gasteiger partial charge in [0, 0.05) is 76.3 Å². The van der Waals surface area contributed by atoms with Crippen LogP contribution in [-0.4, -0.2) is 85.5 Å². The van der Waals surface area contributed by atoms with Crippen molar-refractivity contribution in [3.63, 3.8) is 0 Å². The predicted octanol–water partition coefficient (Wildman–Crippen LogP) is 5.62. The number of benzene rings is 2. The molecule has 2 aromatic carbocycles. The molecule has 5 aromatic rings. The number of carbonyl (C=O) groups is 1. The molecule has 3 N–H and O–H groups in total. The summed E-state index contributed by atoms with van der Waals surface area (Å²) in [5, 5.41) is 17.2. The van der Waals surface area contributed by atoms with Crippen molar-refractivity contribution in [3.05, 3.63) is 105 Å². The Morgan fingerprint density at radius 1 is 1.00 bits per heavy atom. The van der Waals surface area contributed by atoms with E-state index in [0.717, 1.165) is 56.8 Å². The largest absolute Gasteiger partial charge is 0.392 e. The predicted molar refractivity (Wildman–Crippen MR) is 225 cm³/mol. The van der Waals surface area contributed by atoms with Crippen LogP contribution in [0.5, 0.6) is 0 Å². The number of aliphatic hydroxyl groups is 1. The number of hydrogen-bond donors (Lipinski definition) is 3. The van der Waals surface area contributed by atoms with Crippen LogP contribution in [0.15, 0.2) is 76.7 Å². The summed E-state index contributed by atoms with van der Waals surface area (Å²) >= 11 is 0. The molecule has 1 aliphatic carbocycles. The molecular formula is C44H53FN8O5. The van der Waals surface area contributed by atoms with Crippen molar-refractivity contribution >= 4 is 34.0 Å². The third-order valence-corrected chi connectivity index (χ3v) is 10.9. The lowest BCUT2D eigenvalue weighted by molar-refractivity contribution is -0.138. The molecule has 4 heterocycles. The van der Waals surface area contributed by atoms with Gasteiger partial charge in [0.15, 0.2) is 5.82 Å². The first kappa shape index (κ1) is 40.7. The minimum absolute atomic E-state index is 0.00449. The summed E-state index contributed by atoms with van der Waals surface area (Å²) in [6.45, 7) is 14.1. The van der Waals surface area contributed by atoms with Gasteiger partial charge in [0.2, 0.25) is 5.91 Å². The Bertz CT molecular complexity index is 2430. The second kappa shape index (κ2) is 16.4. The number of nitrogens with zero attached hydrogens (tertiary/aromatic N) is 6. The van der Waals surface area contributed by atoms with E-state index in [1.165, 1.54) is 15.2 Å². The highest BCUT2D eigenvalue weighted by Gasteiger charge is 2.32. The van der Waals surface area contributed by atoms with Gasteiger partial charge in [-0.3, -0.25) is 23.9 Å². The summed E-state index contributed by atoms with van der Waals surface area (Å²) in [7, 11) is 1.62. The van der Waals surface area contributed by atoms with Crippen molar-refractivity contribution in [2.45, 2.75) is 77.6 Å². The summed E-state index contributed by atoms with van der Waals surface area (Å²) < 4.78 is 24.6. The summed E-state index contributed by atoms with van der Waals surface area (Å²) in [5.74, 6) is 0.271. The third-order valence-electron chi connectivity index (χ3n) is 10.9. The number of amides is 1. The molecule has 2 fully saturated rings. The van der Waals surface area contributed by atoms with E-state index in [-0.39, 0.29) is 22.7 Å². The lowest BCUT2D eigenvalue weighted by atomic mass is 10.0. The third kappa shape index (κ3) is 8.99. The number of fused-ring (bicyclic) bond motifs is 1. The number of hydrogen-bond acceptors (Lipinski definition) is 10. The molecule has 306 valence electrons. The van der Waals surface area contributed by atoms with Crippen molar-refractivity contribution in [2.24, 2.45) is 7.05 Å². The monoisotopic (exact) mass is 792 g/mol. The number of nitrogens with one attached hydrogen (secondary N) is 2. The van der Waals surface area contributed by atoms with Crippen molar-refractivity contribution in [3.8, 4) is 16.9 Å². The van der Waals surface area contributed by atoms with E-state index in [1.807, 2.05) is 39.0 Å². The van der Waals surface area contributed by atoms with Crippen LogP contribution in [-0.2, 0) is 23.2 Å². The maximum absolute atomic E-state index is 15.4. The highest BCUT2D eigenvalue weighted by molar-refractivity contribution is 5.84. The fourth-order valence-electron chi connectivity index (χ4n) is 7.94. The molecule has 3 aromatic heterocycles. The van der Waals surface area contributed by atoms with Gasteiger partial charge in [-0.25, -0.2) is 14.4 Å². The minimum Gasteiger partial charge on any atom is -0.392 e. The van der Waals surface area contributed by atoms with Crippen LogP contribution in [0.3, 0.4) is 0 Å². The number of aryl methyl sites for hydroxylation is 1. The molecule has 58 heavy (non-hydrogen) atoms. The average molecular weight is 793 g/mol. The standard InChI is InChI=1S/C44H53FN8O5/c1-7-38(55)47-26-43(2,3)58-44(4,5)27-51-17-19-52(20-18-51)31-13-14-37(46-23-31)49-40-42(57)50(6)24-35(48-40)32-9-8-10-36(33(32)25-54)53-16-15-29-21-30(28-11-12-28)22-34(45)39(29)41(53)56/h8-10,13-16,21-24,28,54H,7,11-12,17-20,25-27H2,1-6H3,(H,47,55)(H,46,48,49). The van der Waals surface area contributed by atoms with E-state index in [0.29, 0.717) is 52.6 Å². The van der Waals surface area contributed by atoms with E-state index in [1.54, 1.807) is 49.9 Å². The molecule has 0 bridgehead atoms. The molecule has 0 unspecified atom stereocenters. The average Bonchev–Trinajstić information content (AvgIpc) is 4.04. The van der Waals surface area contributed by atoms with Gasteiger partial charge in [0.25, 0.3) is 11.1 Å². The highest BCUT2D eigenvalue weighted by atomic mass is 19.1. The van der Waals surface area contributed by atoms with Gasteiger partial charge in [0.05, 0.1) is 46.5 Å². The fourth-order valence-corrected chi connectivity index (χ4v) is 7.94. The summed E-state index contributed by atoms with van der Waals surface area (Å²) in [6.07, 6.45) is 7.44. The summed E-state index contributed by atoms with van der Waals surface area (Å²) in [5.41, 5.74) is 1.73. The highest BCUT2D eigenvalue weighted by Crippen LogP contribution is 2.41. The summed E-state index contributed by atoms with van der Waals surface area (Å²) in [4.78, 5) is 52.8. The number of halogens is 1. The van der Waals surface area contributed by atoms with Gasteiger partial charge in [-0.2, -0.15) is 0 Å². The number of ether oxygens (including phenoxy) is 1. The number of piperazine rings is 1. The molecule has 1 amide bonds. The Hall–Kier alpha value is -5.44. The van der Waals surface area contributed by atoms with Crippen LogP contribution in [0, 0.1) is 5.82 Å². The molecule has 13 nitrogen and oxygen atoms in total. The van der Waals surface area contributed by atoms with Gasteiger partial charge in [-0.1, -0.05) is 25.1 Å². The molecule has 1 saturated heterocycles. The van der Waals surface area contributed by atoms with Crippen LogP contribution in [0.1, 0.15) is 70.9 Å². The molecule has 0 radical (unpaired) electrons. The van der Waals surface area contributed by atoms with Crippen molar-refractivity contribution < 1.29 is 19.0 Å². The van der Waals surface area contributed by atoms with Crippen molar-refractivity contribution in [1.82, 2.24) is 29.3 Å². The molecule has 0 atom stereocenters. The first-order valence-corrected chi connectivity index (χ1v) is 20.0. The van der Waals surface area contributed by atoms with Crippen LogP contribution < -0.4 is 26.7 Å². The zero-order valence-corrected chi connectivity index (χ0v) is 34.1. The zero-order chi connectivity index (χ0) is 41.4. The van der Waals surface area contributed by atoms with Gasteiger partial charge < -0.3 is 29.9 Å². The quantitative estimate of drug-likeness (QED) is 0.130. The first-order chi connectivity index (χ1) is 27.6. The second-order valence-electron chi connectivity index (χ2n) is 16.6. The van der Waals surface area contributed by atoms with E-state index in [4.69, 9.17) is 4.74 Å². The van der Waals surface area contributed by atoms with Crippen LogP contribution in [0.2, 0.25) is 0 Å². The van der Waals surface area contributed by atoms with Gasteiger partial charge in [-0.05, 0) is 87.7 Å². The normalized spacial score (nSPS) is 15.2. The molecular weight excluding hydrogens is 740 g/mol. The van der Waals surface area contributed by atoms with Gasteiger partial charge >= 0.3 is 0 Å². The Labute approximate surface area is 337 Å². The second-order valence-corrected chi connectivity index (χ2v) is 16.6. The van der Waals surface area contributed by atoms with E-state index in [2.05, 4.69) is 44.2 Å². The zero-order valence-electron chi connectivity index (χ0n) is 34.1. The molecule has 1 saturated carbocycles. The Kier molecular flexibility index (Phi) is 11.5. The van der Waals surface area contributed by atoms with Crippen molar-refractivity contribution in [2.75, 3.05) is 49.5 Å². The minimum atomic E-state index is -0.557. The molecule has 0 spiro atoms. The molecule has 7 rings (SSSR count). The molecule has 2 aliphatic rings. The topological polar surface area (TPSA) is 147 Å². The molecule has 1 aliphatic heterocycles. The Balaban J connectivity index is 1.04. The van der Waals surface area contributed by atoms with Crippen LogP contribution >= 0.6 is 0 Å². The number of aromatic nitrogens is 4. The maximum Gasteiger partial charge on any atom is 0.293 e. The van der Waals surface area contributed by atoms with Gasteiger partial charge in [-0.15, -0.1) is 0 Å². The fraction of sp³-hybridized carbons (Fsp3) is 0.432. The lowest BCUT2D eigenvalue weighted by Crippen LogP contribution is -2.54. The van der Waals surface area contributed by atoms with Gasteiger partial charge in [0.1, 0.15) is 11.6 Å². The maximum atomic E-state index is 15.4. The number of rotatable bonds is 14. The number of pyridine rings is 2. The molecule has 14 heteroatoms.